The second kappa shape index (κ2) is 6.04. The van der Waals surface area contributed by atoms with Gasteiger partial charge in [-0.25, -0.2) is 4.79 Å². The molecule has 0 aromatic carbocycles. The molecular formula is C12H22N4O2. The zero-order chi connectivity index (χ0) is 13.0. The number of hydrogen-bond acceptors (Lipinski definition) is 3. The SMILES string of the molecule is NC(=O)CN(C(=O)N1CCCCC1)C1CCNC1. The number of urea groups is 1. The molecular weight excluding hydrogens is 232 g/mol. The van der Waals surface area contributed by atoms with Gasteiger partial charge in [0.25, 0.3) is 0 Å². The Labute approximate surface area is 107 Å². The Hall–Kier alpha value is -1.30. The molecule has 2 heterocycles. The number of piperidine rings is 1. The number of primary amides is 1. The number of nitrogens with zero attached hydrogens (tertiary/aromatic N) is 2. The largest absolute Gasteiger partial charge is 0.368 e. The minimum absolute atomic E-state index is 0.0257. The molecule has 0 spiro atoms. The maximum absolute atomic E-state index is 12.4. The summed E-state index contributed by atoms with van der Waals surface area (Å²) < 4.78 is 0. The smallest absolute Gasteiger partial charge is 0.320 e. The molecule has 2 saturated heterocycles. The van der Waals surface area contributed by atoms with Crippen LogP contribution in [0.5, 0.6) is 0 Å². The van der Waals surface area contributed by atoms with Crippen molar-refractivity contribution in [2.24, 2.45) is 5.73 Å². The summed E-state index contributed by atoms with van der Waals surface area (Å²) >= 11 is 0. The van der Waals surface area contributed by atoms with E-state index in [9.17, 15) is 9.59 Å². The van der Waals surface area contributed by atoms with Crippen LogP contribution in [0.15, 0.2) is 0 Å². The molecule has 18 heavy (non-hydrogen) atoms. The highest BCUT2D eigenvalue weighted by Crippen LogP contribution is 2.15. The number of carbonyl (C=O) groups is 2. The van der Waals surface area contributed by atoms with Crippen molar-refractivity contribution in [3.8, 4) is 0 Å². The second-order valence-corrected chi connectivity index (χ2v) is 5.07. The van der Waals surface area contributed by atoms with Crippen LogP contribution in [0.25, 0.3) is 0 Å². The van der Waals surface area contributed by atoms with Crippen LogP contribution in [0.2, 0.25) is 0 Å². The third kappa shape index (κ3) is 3.13. The Kier molecular flexibility index (Phi) is 4.41. The minimum atomic E-state index is -0.438. The van der Waals surface area contributed by atoms with E-state index in [1.807, 2.05) is 4.90 Å². The van der Waals surface area contributed by atoms with Gasteiger partial charge in [-0.05, 0) is 32.2 Å². The fraction of sp³-hybridized carbons (Fsp3) is 0.833. The summed E-state index contributed by atoms with van der Waals surface area (Å²) in [6.07, 6.45) is 4.19. The third-order valence-electron chi connectivity index (χ3n) is 3.67. The first-order valence-electron chi connectivity index (χ1n) is 6.73. The van der Waals surface area contributed by atoms with Gasteiger partial charge in [-0.3, -0.25) is 4.79 Å². The van der Waals surface area contributed by atoms with E-state index in [4.69, 9.17) is 5.73 Å². The fourth-order valence-electron chi connectivity index (χ4n) is 2.69. The minimum Gasteiger partial charge on any atom is -0.368 e. The Bertz CT molecular complexity index is 309. The van der Waals surface area contributed by atoms with E-state index < -0.39 is 5.91 Å². The predicted octanol–water partition coefficient (Wildman–Crippen LogP) is -0.258. The highest BCUT2D eigenvalue weighted by Gasteiger charge is 2.31. The molecule has 0 aliphatic carbocycles. The Morgan fingerprint density at radius 3 is 2.56 bits per heavy atom. The summed E-state index contributed by atoms with van der Waals surface area (Å²) in [7, 11) is 0. The lowest BCUT2D eigenvalue weighted by molar-refractivity contribution is -0.119. The summed E-state index contributed by atoms with van der Waals surface area (Å²) in [5.74, 6) is -0.438. The summed E-state index contributed by atoms with van der Waals surface area (Å²) in [5, 5.41) is 3.22. The zero-order valence-corrected chi connectivity index (χ0v) is 10.7. The molecule has 2 aliphatic heterocycles. The van der Waals surface area contributed by atoms with Gasteiger partial charge in [0.1, 0.15) is 6.54 Å². The number of likely N-dealkylation sites (tertiary alicyclic amines) is 1. The van der Waals surface area contributed by atoms with Crippen molar-refractivity contribution in [2.75, 3.05) is 32.7 Å². The van der Waals surface area contributed by atoms with Gasteiger partial charge in [0.05, 0.1) is 0 Å². The lowest BCUT2D eigenvalue weighted by atomic mass is 10.1. The number of nitrogens with one attached hydrogen (secondary N) is 1. The summed E-state index contributed by atoms with van der Waals surface area (Å²) in [5.41, 5.74) is 5.26. The maximum Gasteiger partial charge on any atom is 0.320 e. The van der Waals surface area contributed by atoms with Gasteiger partial charge in [-0.2, -0.15) is 0 Å². The van der Waals surface area contributed by atoms with Gasteiger partial charge in [-0.15, -0.1) is 0 Å². The molecule has 1 atom stereocenters. The van der Waals surface area contributed by atoms with E-state index in [0.29, 0.717) is 0 Å². The van der Waals surface area contributed by atoms with Gasteiger partial charge in [-0.1, -0.05) is 0 Å². The van der Waals surface area contributed by atoms with Crippen molar-refractivity contribution in [1.82, 2.24) is 15.1 Å². The van der Waals surface area contributed by atoms with Crippen LogP contribution < -0.4 is 11.1 Å². The fourth-order valence-corrected chi connectivity index (χ4v) is 2.69. The highest BCUT2D eigenvalue weighted by molar-refractivity contribution is 5.83. The van der Waals surface area contributed by atoms with Crippen molar-refractivity contribution in [2.45, 2.75) is 31.7 Å². The maximum atomic E-state index is 12.4. The highest BCUT2D eigenvalue weighted by atomic mass is 16.2. The number of amides is 3. The Morgan fingerprint density at radius 1 is 1.28 bits per heavy atom. The second-order valence-electron chi connectivity index (χ2n) is 5.07. The topological polar surface area (TPSA) is 78.7 Å². The lowest BCUT2D eigenvalue weighted by Crippen LogP contribution is -2.52. The molecule has 0 saturated carbocycles. The standard InChI is InChI=1S/C12H22N4O2/c13-11(17)9-16(10-4-5-14-8-10)12(18)15-6-2-1-3-7-15/h10,14H,1-9H2,(H2,13,17). The third-order valence-corrected chi connectivity index (χ3v) is 3.67. The Balaban J connectivity index is 2.01. The van der Waals surface area contributed by atoms with E-state index in [1.165, 1.54) is 6.42 Å². The molecule has 0 bridgehead atoms. The molecule has 1 unspecified atom stereocenters. The van der Waals surface area contributed by atoms with Crippen LogP contribution in [-0.4, -0.2) is 60.5 Å². The van der Waals surface area contributed by atoms with E-state index in [2.05, 4.69) is 5.32 Å². The van der Waals surface area contributed by atoms with Crippen molar-refractivity contribution >= 4 is 11.9 Å². The molecule has 3 amide bonds. The molecule has 6 heteroatoms. The van der Waals surface area contributed by atoms with Crippen molar-refractivity contribution < 1.29 is 9.59 Å². The average molecular weight is 254 g/mol. The van der Waals surface area contributed by atoms with Crippen LogP contribution in [0.1, 0.15) is 25.7 Å². The van der Waals surface area contributed by atoms with Crippen molar-refractivity contribution in [3.05, 3.63) is 0 Å². The van der Waals surface area contributed by atoms with E-state index in [0.717, 1.165) is 45.4 Å². The van der Waals surface area contributed by atoms with Gasteiger partial charge in [0, 0.05) is 25.7 Å². The summed E-state index contributed by atoms with van der Waals surface area (Å²) in [6, 6.07) is 0.0779. The quantitative estimate of drug-likeness (QED) is 0.728. The number of nitrogens with two attached hydrogens (primary N) is 1. The number of carbonyl (C=O) groups excluding carboxylic acids is 2. The molecule has 6 nitrogen and oxygen atoms in total. The van der Waals surface area contributed by atoms with E-state index in [-0.39, 0.29) is 18.6 Å². The number of hydrogen-bond donors (Lipinski definition) is 2. The van der Waals surface area contributed by atoms with Crippen LogP contribution in [0.4, 0.5) is 4.79 Å². The monoisotopic (exact) mass is 254 g/mol. The van der Waals surface area contributed by atoms with Gasteiger partial charge in [0.15, 0.2) is 0 Å². The molecule has 2 rings (SSSR count). The number of rotatable bonds is 3. The molecule has 3 N–H and O–H groups in total. The molecule has 102 valence electrons. The molecule has 2 fully saturated rings. The summed E-state index contributed by atoms with van der Waals surface area (Å²) in [6.45, 7) is 3.28. The summed E-state index contributed by atoms with van der Waals surface area (Å²) in [4.78, 5) is 27.1. The van der Waals surface area contributed by atoms with Gasteiger partial charge in [0.2, 0.25) is 5.91 Å². The Morgan fingerprint density at radius 2 is 2.00 bits per heavy atom. The normalized spacial score (nSPS) is 24.0. The van der Waals surface area contributed by atoms with E-state index in [1.54, 1.807) is 4.90 Å². The lowest BCUT2D eigenvalue weighted by Gasteiger charge is -2.35. The first kappa shape index (κ1) is 13.1. The van der Waals surface area contributed by atoms with E-state index >= 15 is 0 Å². The van der Waals surface area contributed by atoms with Gasteiger partial charge >= 0.3 is 6.03 Å². The zero-order valence-electron chi connectivity index (χ0n) is 10.7. The molecule has 0 radical (unpaired) electrons. The molecule has 2 aliphatic rings. The van der Waals surface area contributed by atoms with Crippen molar-refractivity contribution in [3.63, 3.8) is 0 Å². The predicted molar refractivity (Wildman–Crippen MR) is 68.0 cm³/mol. The van der Waals surface area contributed by atoms with Crippen LogP contribution in [0, 0.1) is 0 Å². The van der Waals surface area contributed by atoms with Crippen LogP contribution in [-0.2, 0) is 4.79 Å². The first-order valence-corrected chi connectivity index (χ1v) is 6.73. The van der Waals surface area contributed by atoms with Crippen LogP contribution >= 0.6 is 0 Å². The molecule has 0 aromatic rings. The van der Waals surface area contributed by atoms with Crippen LogP contribution in [0.3, 0.4) is 0 Å². The van der Waals surface area contributed by atoms with Crippen molar-refractivity contribution in [1.29, 1.82) is 0 Å². The average Bonchev–Trinajstić information content (AvgIpc) is 2.89. The first-order chi connectivity index (χ1) is 8.68. The van der Waals surface area contributed by atoms with Gasteiger partial charge < -0.3 is 20.9 Å². The molecule has 0 aromatic heterocycles.